The van der Waals surface area contributed by atoms with E-state index in [1.54, 1.807) is 0 Å². The van der Waals surface area contributed by atoms with Gasteiger partial charge in [0, 0.05) is 44.9 Å². The summed E-state index contributed by atoms with van der Waals surface area (Å²) in [6, 6.07) is 41.9. The predicted octanol–water partition coefficient (Wildman–Crippen LogP) is 10.4. The molecule has 3 heterocycles. The summed E-state index contributed by atoms with van der Waals surface area (Å²) in [6.45, 7) is 0. The molecule has 44 heavy (non-hydrogen) atoms. The van der Waals surface area contributed by atoms with Gasteiger partial charge in [-0.25, -0.2) is 0 Å². The van der Waals surface area contributed by atoms with Gasteiger partial charge in [0.25, 0.3) is 0 Å². The second-order valence-electron chi connectivity index (χ2n) is 11.8. The molecule has 0 saturated carbocycles. The van der Waals surface area contributed by atoms with Gasteiger partial charge in [-0.2, -0.15) is 0 Å². The molecule has 1 aliphatic carbocycles. The van der Waals surface area contributed by atoms with Gasteiger partial charge in [0.05, 0.1) is 27.8 Å². The van der Waals surface area contributed by atoms with Crippen LogP contribution in [-0.2, 0) is 6.42 Å². The minimum Gasteiger partial charge on any atom is -0.309 e. The van der Waals surface area contributed by atoms with Gasteiger partial charge in [0.15, 0.2) is 0 Å². The van der Waals surface area contributed by atoms with Gasteiger partial charge in [-0.3, -0.25) is 9.97 Å². The van der Waals surface area contributed by atoms with Crippen LogP contribution in [0.1, 0.15) is 11.1 Å². The second-order valence-corrected chi connectivity index (χ2v) is 11.8. The minimum absolute atomic E-state index is 0.937. The zero-order valence-electron chi connectivity index (χ0n) is 23.8. The van der Waals surface area contributed by atoms with Gasteiger partial charge in [-0.05, 0) is 69.6 Å². The van der Waals surface area contributed by atoms with Crippen LogP contribution in [0.15, 0.2) is 134 Å². The number of rotatable bonds is 2. The van der Waals surface area contributed by atoms with Crippen LogP contribution < -0.4 is 0 Å². The zero-order chi connectivity index (χ0) is 28.8. The van der Waals surface area contributed by atoms with Crippen LogP contribution in [0.4, 0.5) is 0 Å². The second kappa shape index (κ2) is 8.85. The Hall–Kier alpha value is -5.80. The summed E-state index contributed by atoms with van der Waals surface area (Å²) >= 11 is 0. The number of hydrogen-bond acceptors (Lipinski definition) is 2. The molecule has 10 rings (SSSR count). The highest BCUT2D eigenvalue weighted by atomic mass is 15.0. The molecule has 0 fully saturated rings. The molecular weight excluding hydrogens is 534 g/mol. The Bertz CT molecular complexity index is 2690. The van der Waals surface area contributed by atoms with E-state index in [1.807, 2.05) is 18.5 Å². The molecule has 0 bridgehead atoms. The van der Waals surface area contributed by atoms with E-state index in [0.717, 1.165) is 33.8 Å². The van der Waals surface area contributed by atoms with Gasteiger partial charge in [0.1, 0.15) is 0 Å². The van der Waals surface area contributed by atoms with E-state index < -0.39 is 0 Å². The molecule has 0 radical (unpaired) electrons. The van der Waals surface area contributed by atoms with E-state index in [-0.39, 0.29) is 0 Å². The van der Waals surface area contributed by atoms with Crippen LogP contribution in [0.25, 0.3) is 88.0 Å². The summed E-state index contributed by atoms with van der Waals surface area (Å²) in [6.07, 6.45) is 9.36. The number of nitrogens with zero attached hydrogens (tertiary/aromatic N) is 3. The number of hydrogen-bond donors (Lipinski definition) is 0. The van der Waals surface area contributed by atoms with Crippen LogP contribution in [0.2, 0.25) is 0 Å². The molecule has 0 amide bonds. The van der Waals surface area contributed by atoms with E-state index in [4.69, 9.17) is 4.98 Å². The fraction of sp³-hybridized carbons (Fsp3) is 0.0244. The smallest absolute Gasteiger partial charge is 0.0964 e. The van der Waals surface area contributed by atoms with Gasteiger partial charge < -0.3 is 4.57 Å². The molecular formula is C41H25N3. The maximum Gasteiger partial charge on any atom is 0.0964 e. The largest absolute Gasteiger partial charge is 0.309 e. The lowest BCUT2D eigenvalue weighted by Gasteiger charge is -2.17. The predicted molar refractivity (Wildman–Crippen MR) is 185 cm³/mol. The summed E-state index contributed by atoms with van der Waals surface area (Å²) in [5.41, 5.74) is 10.6. The first kappa shape index (κ1) is 23.7. The summed E-state index contributed by atoms with van der Waals surface area (Å²) < 4.78 is 2.48. The molecule has 3 heteroatoms. The molecule has 0 N–H and O–H groups in total. The van der Waals surface area contributed by atoms with E-state index >= 15 is 0 Å². The van der Waals surface area contributed by atoms with Crippen molar-refractivity contribution in [2.45, 2.75) is 6.42 Å². The van der Waals surface area contributed by atoms with Crippen molar-refractivity contribution in [1.82, 2.24) is 14.5 Å². The number of fused-ring (bicyclic) bond motifs is 8. The Balaban J connectivity index is 1.26. The van der Waals surface area contributed by atoms with Gasteiger partial charge in [-0.1, -0.05) is 97.1 Å². The third-order valence-corrected chi connectivity index (χ3v) is 9.43. The van der Waals surface area contributed by atoms with Crippen molar-refractivity contribution in [2.75, 3.05) is 0 Å². The maximum absolute atomic E-state index is 4.93. The van der Waals surface area contributed by atoms with Gasteiger partial charge in [0.2, 0.25) is 0 Å². The Kier molecular flexibility index (Phi) is 4.77. The Morgan fingerprint density at radius 1 is 0.568 bits per heavy atom. The molecule has 3 aromatic heterocycles. The van der Waals surface area contributed by atoms with Gasteiger partial charge in [-0.15, -0.1) is 0 Å². The monoisotopic (exact) mass is 559 g/mol. The van der Waals surface area contributed by atoms with E-state index in [2.05, 4.69) is 131 Å². The SMILES string of the molecule is C1=Cc2cccc3cc4c(c(c23)C1)c1ccccc1n4-c1ccc(-c2cnc3c(ccc4cccnc43)c2)c2ccccc12. The lowest BCUT2D eigenvalue weighted by molar-refractivity contribution is 1.20. The topological polar surface area (TPSA) is 30.7 Å². The third kappa shape index (κ3) is 3.21. The summed E-state index contributed by atoms with van der Waals surface area (Å²) in [7, 11) is 0. The molecule has 0 saturated heterocycles. The molecule has 3 nitrogen and oxygen atoms in total. The maximum atomic E-state index is 4.93. The average Bonchev–Trinajstić information content (AvgIpc) is 3.42. The van der Waals surface area contributed by atoms with E-state index in [9.17, 15) is 0 Å². The van der Waals surface area contributed by atoms with Crippen molar-refractivity contribution in [3.05, 3.63) is 145 Å². The first-order valence-electron chi connectivity index (χ1n) is 15.1. The van der Waals surface area contributed by atoms with Crippen molar-refractivity contribution in [2.24, 2.45) is 0 Å². The summed E-state index contributed by atoms with van der Waals surface area (Å²) in [4.78, 5) is 9.56. The highest BCUT2D eigenvalue weighted by Crippen LogP contribution is 2.43. The van der Waals surface area contributed by atoms with Crippen molar-refractivity contribution < 1.29 is 0 Å². The Labute approximate surface area is 253 Å². The first-order valence-corrected chi connectivity index (χ1v) is 15.1. The Morgan fingerprint density at radius 3 is 2.34 bits per heavy atom. The van der Waals surface area contributed by atoms with Crippen molar-refractivity contribution in [1.29, 1.82) is 0 Å². The van der Waals surface area contributed by atoms with Crippen LogP contribution in [0.5, 0.6) is 0 Å². The normalized spacial score (nSPS) is 12.8. The number of benzene rings is 6. The molecule has 0 aliphatic heterocycles. The number of para-hydroxylation sites is 1. The summed E-state index contributed by atoms with van der Waals surface area (Å²) in [5, 5.41) is 9.98. The lowest BCUT2D eigenvalue weighted by Crippen LogP contribution is -1.98. The fourth-order valence-electron chi connectivity index (χ4n) is 7.56. The first-order chi connectivity index (χ1) is 21.8. The zero-order valence-corrected chi connectivity index (χ0v) is 23.8. The molecule has 9 aromatic rings. The Morgan fingerprint density at radius 2 is 1.39 bits per heavy atom. The molecule has 1 aliphatic rings. The molecule has 0 atom stereocenters. The van der Waals surface area contributed by atoms with Crippen molar-refractivity contribution in [3.8, 4) is 16.8 Å². The van der Waals surface area contributed by atoms with Crippen molar-refractivity contribution in [3.63, 3.8) is 0 Å². The van der Waals surface area contributed by atoms with E-state index in [0.29, 0.717) is 0 Å². The number of pyridine rings is 2. The van der Waals surface area contributed by atoms with E-state index in [1.165, 1.54) is 65.7 Å². The fourth-order valence-corrected chi connectivity index (χ4v) is 7.56. The molecule has 0 spiro atoms. The highest BCUT2D eigenvalue weighted by Gasteiger charge is 2.21. The minimum atomic E-state index is 0.937. The molecule has 6 aromatic carbocycles. The molecule has 204 valence electrons. The molecule has 0 unspecified atom stereocenters. The third-order valence-electron chi connectivity index (χ3n) is 9.43. The van der Waals surface area contributed by atoms with Gasteiger partial charge >= 0.3 is 0 Å². The average molecular weight is 560 g/mol. The quantitative estimate of drug-likeness (QED) is 0.197. The highest BCUT2D eigenvalue weighted by molar-refractivity contribution is 6.19. The summed E-state index contributed by atoms with van der Waals surface area (Å²) in [5.74, 6) is 0. The lowest BCUT2D eigenvalue weighted by atomic mass is 9.90. The number of allylic oxidation sites excluding steroid dienone is 1. The van der Waals surface area contributed by atoms with Crippen LogP contribution in [-0.4, -0.2) is 14.5 Å². The van der Waals surface area contributed by atoms with Crippen LogP contribution >= 0.6 is 0 Å². The van der Waals surface area contributed by atoms with Crippen molar-refractivity contribution >= 4 is 71.2 Å². The van der Waals surface area contributed by atoms with Crippen LogP contribution in [0.3, 0.4) is 0 Å². The number of aromatic nitrogens is 3. The van der Waals surface area contributed by atoms with Crippen LogP contribution in [0, 0.1) is 0 Å². The standard InChI is InChI=1S/C41H25N3/c1-2-13-32-31(12-1)30(29-22-28-18-17-26-11-7-21-42-40(26)41(28)43-24-29)19-20-36(32)44-35-16-4-3-14-33(35)39-34-15-6-9-25-8-5-10-27(38(25)34)23-37(39)44/h1-14,16-24H,15H2.